The fourth-order valence-electron chi connectivity index (χ4n) is 1.48. The van der Waals surface area contributed by atoms with E-state index in [1.54, 1.807) is 18.2 Å². The molecule has 0 fully saturated rings. The topological polar surface area (TPSA) is 62.7 Å². The van der Waals surface area contributed by atoms with E-state index >= 15 is 0 Å². The standard InChI is InChI=1S/C12H10FN3O/c13-10-4-2-1-3-9(10)5-6-12-15-11(7-8-14)16-17-12/h1-4H,5-7H2. The molecule has 1 heterocycles. The fraction of sp³-hybridized carbons (Fsp3) is 0.250. The average Bonchev–Trinajstić information content (AvgIpc) is 2.76. The molecule has 0 atom stereocenters. The van der Waals surface area contributed by atoms with Gasteiger partial charge >= 0.3 is 0 Å². The summed E-state index contributed by atoms with van der Waals surface area (Å²) in [5.41, 5.74) is 0.618. The van der Waals surface area contributed by atoms with Crippen molar-refractivity contribution in [1.29, 1.82) is 5.26 Å². The summed E-state index contributed by atoms with van der Waals surface area (Å²) in [5, 5.41) is 12.1. The molecule has 1 aromatic heterocycles. The summed E-state index contributed by atoms with van der Waals surface area (Å²) in [6.45, 7) is 0. The molecule has 0 aliphatic heterocycles. The van der Waals surface area contributed by atoms with Gasteiger partial charge in [0.05, 0.1) is 12.5 Å². The molecule has 0 spiro atoms. The van der Waals surface area contributed by atoms with Crippen molar-refractivity contribution >= 4 is 0 Å². The first kappa shape index (κ1) is 11.3. The van der Waals surface area contributed by atoms with Crippen molar-refractivity contribution in [2.24, 2.45) is 0 Å². The molecule has 0 saturated heterocycles. The number of benzene rings is 1. The molecule has 0 N–H and O–H groups in total. The maximum atomic E-state index is 13.3. The van der Waals surface area contributed by atoms with Gasteiger partial charge in [-0.15, -0.1) is 0 Å². The van der Waals surface area contributed by atoms with Crippen LogP contribution in [0.3, 0.4) is 0 Å². The van der Waals surface area contributed by atoms with Crippen LogP contribution in [-0.2, 0) is 19.3 Å². The highest BCUT2D eigenvalue weighted by atomic mass is 19.1. The van der Waals surface area contributed by atoms with Gasteiger partial charge in [-0.1, -0.05) is 23.4 Å². The number of aromatic nitrogens is 2. The Kier molecular flexibility index (Phi) is 3.46. The lowest BCUT2D eigenvalue weighted by molar-refractivity contribution is 0.373. The molecule has 4 nitrogen and oxygen atoms in total. The summed E-state index contributed by atoms with van der Waals surface area (Å²) in [4.78, 5) is 4.02. The second-order valence-electron chi connectivity index (χ2n) is 3.53. The number of halogens is 1. The van der Waals surface area contributed by atoms with E-state index in [1.807, 2.05) is 6.07 Å². The molecule has 17 heavy (non-hydrogen) atoms. The van der Waals surface area contributed by atoms with Crippen LogP contribution in [0.2, 0.25) is 0 Å². The second kappa shape index (κ2) is 5.21. The zero-order valence-electron chi connectivity index (χ0n) is 9.06. The van der Waals surface area contributed by atoms with E-state index in [0.29, 0.717) is 30.1 Å². The Morgan fingerprint density at radius 1 is 1.29 bits per heavy atom. The predicted octanol–water partition coefficient (Wildman–Crippen LogP) is 2.06. The van der Waals surface area contributed by atoms with Gasteiger partial charge in [0.25, 0.3) is 0 Å². The lowest BCUT2D eigenvalue weighted by atomic mass is 10.1. The molecule has 0 aliphatic carbocycles. The normalized spacial score (nSPS) is 10.1. The maximum absolute atomic E-state index is 13.3. The van der Waals surface area contributed by atoms with Crippen molar-refractivity contribution in [3.63, 3.8) is 0 Å². The van der Waals surface area contributed by atoms with Crippen molar-refractivity contribution in [2.45, 2.75) is 19.3 Å². The molecule has 0 aliphatic rings. The fourth-order valence-corrected chi connectivity index (χ4v) is 1.48. The molecule has 86 valence electrons. The van der Waals surface area contributed by atoms with E-state index in [9.17, 15) is 4.39 Å². The summed E-state index contributed by atoms with van der Waals surface area (Å²) in [5.74, 6) is 0.568. The van der Waals surface area contributed by atoms with Crippen molar-refractivity contribution in [3.05, 3.63) is 47.4 Å². The number of aryl methyl sites for hydroxylation is 2. The quantitative estimate of drug-likeness (QED) is 0.807. The van der Waals surface area contributed by atoms with Crippen LogP contribution < -0.4 is 0 Å². The van der Waals surface area contributed by atoms with Gasteiger partial charge in [-0.3, -0.25) is 0 Å². The molecule has 1 aromatic carbocycles. The van der Waals surface area contributed by atoms with Crippen molar-refractivity contribution < 1.29 is 8.91 Å². The minimum Gasteiger partial charge on any atom is -0.339 e. The molecule has 5 heteroatoms. The SMILES string of the molecule is N#CCc1noc(CCc2ccccc2F)n1. The van der Waals surface area contributed by atoms with Gasteiger partial charge in [0.1, 0.15) is 5.82 Å². The highest BCUT2D eigenvalue weighted by Gasteiger charge is 2.07. The molecule has 0 unspecified atom stereocenters. The molecule has 0 amide bonds. The first-order valence-corrected chi connectivity index (χ1v) is 5.21. The van der Waals surface area contributed by atoms with Gasteiger partial charge in [0.15, 0.2) is 5.82 Å². The zero-order chi connectivity index (χ0) is 12.1. The van der Waals surface area contributed by atoms with E-state index < -0.39 is 0 Å². The Labute approximate surface area is 97.7 Å². The van der Waals surface area contributed by atoms with Crippen molar-refractivity contribution in [2.75, 3.05) is 0 Å². The van der Waals surface area contributed by atoms with Crippen LogP contribution in [0.15, 0.2) is 28.8 Å². The van der Waals surface area contributed by atoms with Gasteiger partial charge in [-0.25, -0.2) is 4.39 Å². The van der Waals surface area contributed by atoms with Crippen molar-refractivity contribution in [3.8, 4) is 6.07 Å². The van der Waals surface area contributed by atoms with Crippen LogP contribution in [0.1, 0.15) is 17.3 Å². The predicted molar refractivity (Wildman–Crippen MR) is 57.4 cm³/mol. The minimum atomic E-state index is -0.232. The minimum absolute atomic E-state index is 0.128. The number of nitrogens with zero attached hydrogens (tertiary/aromatic N) is 3. The Balaban J connectivity index is 1.98. The third-order valence-electron chi connectivity index (χ3n) is 2.31. The highest BCUT2D eigenvalue weighted by Crippen LogP contribution is 2.10. The first-order chi connectivity index (χ1) is 8.29. The molecule has 0 saturated carbocycles. The number of nitriles is 1. The van der Waals surface area contributed by atoms with E-state index in [-0.39, 0.29) is 12.2 Å². The Morgan fingerprint density at radius 2 is 2.12 bits per heavy atom. The third kappa shape index (κ3) is 2.88. The van der Waals surface area contributed by atoms with Crippen LogP contribution >= 0.6 is 0 Å². The Hall–Kier alpha value is -2.22. The van der Waals surface area contributed by atoms with E-state index in [1.165, 1.54) is 6.07 Å². The molecule has 2 aromatic rings. The van der Waals surface area contributed by atoms with E-state index in [0.717, 1.165) is 0 Å². The van der Waals surface area contributed by atoms with Gasteiger partial charge < -0.3 is 4.52 Å². The first-order valence-electron chi connectivity index (χ1n) is 5.21. The molecule has 0 radical (unpaired) electrons. The summed E-state index contributed by atoms with van der Waals surface area (Å²) in [6.07, 6.45) is 1.10. The van der Waals surface area contributed by atoms with Crippen LogP contribution in [0.25, 0.3) is 0 Å². The molecule has 2 rings (SSSR count). The number of rotatable bonds is 4. The van der Waals surface area contributed by atoms with Crippen LogP contribution in [-0.4, -0.2) is 10.1 Å². The van der Waals surface area contributed by atoms with Gasteiger partial charge in [-0.05, 0) is 18.1 Å². The summed E-state index contributed by atoms with van der Waals surface area (Å²) in [7, 11) is 0. The van der Waals surface area contributed by atoms with Gasteiger partial charge in [0.2, 0.25) is 5.89 Å². The van der Waals surface area contributed by atoms with Crippen LogP contribution in [0, 0.1) is 17.1 Å². The van der Waals surface area contributed by atoms with E-state index in [4.69, 9.17) is 9.78 Å². The van der Waals surface area contributed by atoms with Crippen LogP contribution in [0.5, 0.6) is 0 Å². The smallest absolute Gasteiger partial charge is 0.227 e. The number of hydrogen-bond donors (Lipinski definition) is 0. The lowest BCUT2D eigenvalue weighted by Crippen LogP contribution is -1.95. The summed E-state index contributed by atoms with van der Waals surface area (Å²) < 4.78 is 18.3. The van der Waals surface area contributed by atoms with E-state index in [2.05, 4.69) is 10.1 Å². The Morgan fingerprint density at radius 3 is 2.88 bits per heavy atom. The number of hydrogen-bond acceptors (Lipinski definition) is 4. The maximum Gasteiger partial charge on any atom is 0.227 e. The summed E-state index contributed by atoms with van der Waals surface area (Å²) in [6, 6.07) is 8.51. The molecular weight excluding hydrogens is 221 g/mol. The Bertz CT molecular complexity index is 545. The van der Waals surface area contributed by atoms with Crippen molar-refractivity contribution in [1.82, 2.24) is 10.1 Å². The zero-order valence-corrected chi connectivity index (χ0v) is 9.06. The highest BCUT2D eigenvalue weighted by molar-refractivity contribution is 5.17. The molecule has 0 bridgehead atoms. The third-order valence-corrected chi connectivity index (χ3v) is 2.31. The monoisotopic (exact) mass is 231 g/mol. The largest absolute Gasteiger partial charge is 0.339 e. The van der Waals surface area contributed by atoms with Gasteiger partial charge in [0, 0.05) is 6.42 Å². The average molecular weight is 231 g/mol. The van der Waals surface area contributed by atoms with Gasteiger partial charge in [-0.2, -0.15) is 10.2 Å². The lowest BCUT2D eigenvalue weighted by Gasteiger charge is -1.99. The molecular formula is C12H10FN3O. The summed E-state index contributed by atoms with van der Waals surface area (Å²) >= 11 is 0. The second-order valence-corrected chi connectivity index (χ2v) is 3.53. The van der Waals surface area contributed by atoms with Crippen LogP contribution in [0.4, 0.5) is 4.39 Å².